The number of methoxy groups -OCH3 is 1. The molecule has 3 nitrogen and oxygen atoms in total. The summed E-state index contributed by atoms with van der Waals surface area (Å²) in [6.45, 7) is 1.81. The van der Waals surface area contributed by atoms with Crippen LogP contribution >= 0.6 is 15.9 Å². The summed E-state index contributed by atoms with van der Waals surface area (Å²) in [5, 5.41) is 0. The SMILES string of the molecule is CC#CCC(NN)c1ccc(Br)cc1OC. The van der Waals surface area contributed by atoms with E-state index in [9.17, 15) is 0 Å². The van der Waals surface area contributed by atoms with Crippen molar-refractivity contribution in [3.05, 3.63) is 28.2 Å². The van der Waals surface area contributed by atoms with Gasteiger partial charge in [-0.2, -0.15) is 0 Å². The summed E-state index contributed by atoms with van der Waals surface area (Å²) < 4.78 is 6.29. The van der Waals surface area contributed by atoms with Crippen molar-refractivity contribution >= 4 is 15.9 Å². The Labute approximate surface area is 104 Å². The van der Waals surface area contributed by atoms with Crippen LogP contribution in [0, 0.1) is 11.8 Å². The molecule has 1 atom stereocenters. The molecule has 0 bridgehead atoms. The topological polar surface area (TPSA) is 47.3 Å². The molecular weight excluding hydrogens is 268 g/mol. The largest absolute Gasteiger partial charge is 0.496 e. The van der Waals surface area contributed by atoms with Crippen LogP contribution in [0.2, 0.25) is 0 Å². The quantitative estimate of drug-likeness (QED) is 0.506. The minimum atomic E-state index is -0.0181. The lowest BCUT2D eigenvalue weighted by Crippen LogP contribution is -2.28. The molecule has 0 radical (unpaired) electrons. The molecule has 1 rings (SSSR count). The molecule has 3 N–H and O–H groups in total. The van der Waals surface area contributed by atoms with E-state index in [0.29, 0.717) is 6.42 Å². The molecule has 1 aromatic carbocycles. The first-order chi connectivity index (χ1) is 7.72. The maximum absolute atomic E-state index is 5.52. The third kappa shape index (κ3) is 3.24. The number of rotatable bonds is 4. The first kappa shape index (κ1) is 13.0. The lowest BCUT2D eigenvalue weighted by atomic mass is 10.0. The fourth-order valence-electron chi connectivity index (χ4n) is 1.44. The third-order valence-electron chi connectivity index (χ3n) is 2.26. The summed E-state index contributed by atoms with van der Waals surface area (Å²) in [4.78, 5) is 0. The highest BCUT2D eigenvalue weighted by Crippen LogP contribution is 2.29. The normalized spacial score (nSPS) is 11.5. The molecule has 1 unspecified atom stereocenters. The maximum Gasteiger partial charge on any atom is 0.124 e. The van der Waals surface area contributed by atoms with Crippen molar-refractivity contribution in [2.45, 2.75) is 19.4 Å². The Bertz CT molecular complexity index is 409. The average Bonchev–Trinajstić information content (AvgIpc) is 2.31. The van der Waals surface area contributed by atoms with Crippen LogP contribution in [0.25, 0.3) is 0 Å². The Morgan fingerprint density at radius 3 is 2.88 bits per heavy atom. The zero-order valence-corrected chi connectivity index (χ0v) is 11.0. The molecule has 16 heavy (non-hydrogen) atoms. The summed E-state index contributed by atoms with van der Waals surface area (Å²) in [5.41, 5.74) is 3.76. The molecule has 0 saturated heterocycles. The van der Waals surface area contributed by atoms with E-state index in [0.717, 1.165) is 15.8 Å². The number of nitrogens with one attached hydrogen (secondary N) is 1. The number of hydrogen-bond donors (Lipinski definition) is 2. The second kappa shape index (κ2) is 6.54. The monoisotopic (exact) mass is 282 g/mol. The molecule has 0 saturated carbocycles. The van der Waals surface area contributed by atoms with Crippen LogP contribution in [0.15, 0.2) is 22.7 Å². The summed E-state index contributed by atoms with van der Waals surface area (Å²) >= 11 is 3.40. The second-order valence-corrected chi connectivity index (χ2v) is 4.15. The summed E-state index contributed by atoms with van der Waals surface area (Å²) in [6.07, 6.45) is 0.658. The fourth-order valence-corrected chi connectivity index (χ4v) is 1.78. The van der Waals surface area contributed by atoms with Crippen LogP contribution < -0.4 is 16.0 Å². The van der Waals surface area contributed by atoms with Gasteiger partial charge in [0, 0.05) is 16.5 Å². The molecule has 0 fully saturated rings. The third-order valence-corrected chi connectivity index (χ3v) is 2.75. The van der Waals surface area contributed by atoms with Gasteiger partial charge in [0.1, 0.15) is 5.75 Å². The Balaban J connectivity index is 3.02. The van der Waals surface area contributed by atoms with Crippen molar-refractivity contribution in [1.82, 2.24) is 5.43 Å². The fraction of sp³-hybridized carbons (Fsp3) is 0.333. The highest BCUT2D eigenvalue weighted by atomic mass is 79.9. The van der Waals surface area contributed by atoms with E-state index < -0.39 is 0 Å². The van der Waals surface area contributed by atoms with Gasteiger partial charge < -0.3 is 4.74 Å². The minimum Gasteiger partial charge on any atom is -0.496 e. The van der Waals surface area contributed by atoms with Crippen LogP contribution in [0.3, 0.4) is 0 Å². The maximum atomic E-state index is 5.52. The summed E-state index contributed by atoms with van der Waals surface area (Å²) in [5.74, 6) is 12.2. The van der Waals surface area contributed by atoms with Gasteiger partial charge in [-0.05, 0) is 19.1 Å². The number of benzene rings is 1. The molecule has 86 valence electrons. The molecule has 0 aliphatic carbocycles. The zero-order valence-electron chi connectivity index (χ0n) is 9.38. The van der Waals surface area contributed by atoms with Crippen molar-refractivity contribution < 1.29 is 4.74 Å². The van der Waals surface area contributed by atoms with Crippen molar-refractivity contribution in [3.8, 4) is 17.6 Å². The molecule has 1 aromatic rings. The number of ether oxygens (including phenoxy) is 1. The Morgan fingerprint density at radius 2 is 2.31 bits per heavy atom. The smallest absolute Gasteiger partial charge is 0.124 e. The van der Waals surface area contributed by atoms with Crippen LogP contribution in [-0.2, 0) is 0 Å². The molecule has 0 amide bonds. The van der Waals surface area contributed by atoms with Crippen molar-refractivity contribution in [2.24, 2.45) is 5.84 Å². The Hall–Kier alpha value is -1.02. The van der Waals surface area contributed by atoms with E-state index in [4.69, 9.17) is 10.6 Å². The van der Waals surface area contributed by atoms with Crippen molar-refractivity contribution in [1.29, 1.82) is 0 Å². The van der Waals surface area contributed by atoms with E-state index in [1.807, 2.05) is 25.1 Å². The van der Waals surface area contributed by atoms with Crippen LogP contribution in [0.1, 0.15) is 24.9 Å². The molecule has 0 heterocycles. The molecule has 4 heteroatoms. The molecular formula is C12H15BrN2O. The lowest BCUT2D eigenvalue weighted by Gasteiger charge is -2.17. The van der Waals surface area contributed by atoms with Crippen molar-refractivity contribution in [2.75, 3.05) is 7.11 Å². The van der Waals surface area contributed by atoms with E-state index in [1.165, 1.54) is 0 Å². The zero-order chi connectivity index (χ0) is 12.0. The number of hydrogen-bond acceptors (Lipinski definition) is 3. The molecule has 0 aliphatic rings. The number of hydrazine groups is 1. The van der Waals surface area contributed by atoms with Gasteiger partial charge in [-0.3, -0.25) is 11.3 Å². The molecule has 0 aliphatic heterocycles. The first-order valence-corrected chi connectivity index (χ1v) is 5.71. The molecule has 0 aromatic heterocycles. The predicted molar refractivity (Wildman–Crippen MR) is 68.8 cm³/mol. The highest BCUT2D eigenvalue weighted by molar-refractivity contribution is 9.10. The minimum absolute atomic E-state index is 0.0181. The summed E-state index contributed by atoms with van der Waals surface area (Å²) in [7, 11) is 1.64. The Kier molecular flexibility index (Phi) is 5.33. The van der Waals surface area contributed by atoms with Crippen molar-refractivity contribution in [3.63, 3.8) is 0 Å². The highest BCUT2D eigenvalue weighted by Gasteiger charge is 2.13. The van der Waals surface area contributed by atoms with Crippen LogP contribution in [0.5, 0.6) is 5.75 Å². The van der Waals surface area contributed by atoms with Gasteiger partial charge in [0.05, 0.1) is 13.2 Å². The predicted octanol–water partition coefficient (Wildman–Crippen LogP) is 2.38. The van der Waals surface area contributed by atoms with E-state index in [-0.39, 0.29) is 6.04 Å². The van der Waals surface area contributed by atoms with Crippen LogP contribution in [0.4, 0.5) is 0 Å². The van der Waals surface area contributed by atoms with Gasteiger partial charge in [0.2, 0.25) is 0 Å². The number of nitrogens with two attached hydrogens (primary N) is 1. The summed E-state index contributed by atoms with van der Waals surface area (Å²) in [6, 6.07) is 5.83. The van der Waals surface area contributed by atoms with E-state index >= 15 is 0 Å². The Morgan fingerprint density at radius 1 is 1.56 bits per heavy atom. The van der Waals surface area contributed by atoms with Gasteiger partial charge in [-0.25, -0.2) is 0 Å². The van der Waals surface area contributed by atoms with Gasteiger partial charge in [0.15, 0.2) is 0 Å². The lowest BCUT2D eigenvalue weighted by molar-refractivity contribution is 0.400. The second-order valence-electron chi connectivity index (χ2n) is 3.24. The van der Waals surface area contributed by atoms with E-state index in [1.54, 1.807) is 7.11 Å². The molecule has 0 spiro atoms. The first-order valence-electron chi connectivity index (χ1n) is 4.92. The standard InChI is InChI=1S/C12H15BrN2O/c1-3-4-5-11(15-14)10-7-6-9(13)8-12(10)16-2/h6-8,11,15H,5,14H2,1-2H3. The van der Waals surface area contributed by atoms with Gasteiger partial charge in [0.25, 0.3) is 0 Å². The number of halogens is 1. The van der Waals surface area contributed by atoms with Crippen LogP contribution in [-0.4, -0.2) is 7.11 Å². The average molecular weight is 283 g/mol. The van der Waals surface area contributed by atoms with Gasteiger partial charge in [-0.1, -0.05) is 22.0 Å². The van der Waals surface area contributed by atoms with Gasteiger partial charge in [-0.15, -0.1) is 11.8 Å². The van der Waals surface area contributed by atoms with Gasteiger partial charge >= 0.3 is 0 Å². The van der Waals surface area contributed by atoms with E-state index in [2.05, 4.69) is 33.2 Å².